The highest BCUT2D eigenvalue weighted by Gasteiger charge is 2.03. The highest BCUT2D eigenvalue weighted by Crippen LogP contribution is 2.13. The van der Waals surface area contributed by atoms with Gasteiger partial charge in [-0.05, 0) is 12.8 Å². The maximum Gasteiger partial charge on any atom is 0.305 e. The minimum Gasteiger partial charge on any atom is -0.463 e. The van der Waals surface area contributed by atoms with Crippen molar-refractivity contribution in [3.8, 4) is 0 Å². The first kappa shape index (κ1) is 36.3. The summed E-state index contributed by atoms with van der Waals surface area (Å²) in [5.41, 5.74) is 0. The van der Waals surface area contributed by atoms with Crippen molar-refractivity contribution in [3.63, 3.8) is 0 Å². The van der Waals surface area contributed by atoms with Gasteiger partial charge in [-0.1, -0.05) is 117 Å². The van der Waals surface area contributed by atoms with Crippen LogP contribution >= 0.6 is 0 Å². The van der Waals surface area contributed by atoms with E-state index in [9.17, 15) is 4.79 Å². The number of hydrogen-bond acceptors (Lipinski definition) is 6. The fourth-order valence-corrected chi connectivity index (χ4v) is 4.14. The molecule has 37 heavy (non-hydrogen) atoms. The van der Waals surface area contributed by atoms with Crippen molar-refractivity contribution in [1.29, 1.82) is 0 Å². The van der Waals surface area contributed by atoms with Gasteiger partial charge >= 0.3 is 5.97 Å². The quantitative estimate of drug-likeness (QED) is 0.0647. The Bertz CT molecular complexity index is 432. The molecular weight excluding hydrogens is 468 g/mol. The van der Waals surface area contributed by atoms with E-state index < -0.39 is 0 Å². The summed E-state index contributed by atoms with van der Waals surface area (Å²) in [6.07, 6.45) is 23.8. The van der Waals surface area contributed by atoms with E-state index in [0.29, 0.717) is 59.3 Å². The normalized spacial score (nSPS) is 11.3. The van der Waals surface area contributed by atoms with Gasteiger partial charge < -0.3 is 23.7 Å². The lowest BCUT2D eigenvalue weighted by molar-refractivity contribution is -0.145. The average Bonchev–Trinajstić information content (AvgIpc) is 2.90. The monoisotopic (exact) mass is 530 g/mol. The van der Waals surface area contributed by atoms with E-state index in [4.69, 9.17) is 23.7 Å². The number of unbranched alkanes of at least 4 members (excludes halogenated alkanes) is 16. The molecule has 0 saturated heterocycles. The molecule has 0 rings (SSSR count). The van der Waals surface area contributed by atoms with E-state index in [1.54, 1.807) is 0 Å². The molecule has 0 N–H and O–H groups in total. The summed E-state index contributed by atoms with van der Waals surface area (Å²) in [5, 5.41) is 0. The van der Waals surface area contributed by atoms with Gasteiger partial charge in [0.05, 0.1) is 46.2 Å². The molecule has 0 aliphatic carbocycles. The minimum absolute atomic E-state index is 0.111. The molecule has 0 amide bonds. The SMILES string of the molecule is CCCCCCCCCCCCCCCC(=O)OCCOCCOCCOCCOCCCCCCC. The van der Waals surface area contributed by atoms with Crippen molar-refractivity contribution in [1.82, 2.24) is 0 Å². The van der Waals surface area contributed by atoms with Gasteiger partial charge in [-0.15, -0.1) is 0 Å². The van der Waals surface area contributed by atoms with Crippen molar-refractivity contribution in [2.75, 3.05) is 59.5 Å². The first-order chi connectivity index (χ1) is 18.3. The van der Waals surface area contributed by atoms with Crippen molar-refractivity contribution in [3.05, 3.63) is 0 Å². The van der Waals surface area contributed by atoms with Crippen LogP contribution in [-0.4, -0.2) is 65.4 Å². The number of carbonyl (C=O) groups excluding carboxylic acids is 1. The van der Waals surface area contributed by atoms with Crippen LogP contribution in [0.3, 0.4) is 0 Å². The molecule has 0 spiro atoms. The smallest absolute Gasteiger partial charge is 0.305 e. The van der Waals surface area contributed by atoms with Crippen LogP contribution in [0.5, 0.6) is 0 Å². The second-order valence-electron chi connectivity index (χ2n) is 10.1. The molecule has 0 heterocycles. The van der Waals surface area contributed by atoms with E-state index in [-0.39, 0.29) is 5.97 Å². The Kier molecular flexibility index (Phi) is 32.7. The van der Waals surface area contributed by atoms with Crippen molar-refractivity contribution >= 4 is 5.97 Å². The summed E-state index contributed by atoms with van der Waals surface area (Å²) in [7, 11) is 0. The third-order valence-electron chi connectivity index (χ3n) is 6.48. The van der Waals surface area contributed by atoms with E-state index >= 15 is 0 Å². The summed E-state index contributed by atoms with van der Waals surface area (Å²) in [6, 6.07) is 0. The highest BCUT2D eigenvalue weighted by atomic mass is 16.6. The van der Waals surface area contributed by atoms with Crippen molar-refractivity contribution in [2.45, 2.75) is 136 Å². The number of esters is 1. The molecule has 0 aromatic heterocycles. The second-order valence-corrected chi connectivity index (χ2v) is 10.1. The lowest BCUT2D eigenvalue weighted by atomic mass is 10.0. The van der Waals surface area contributed by atoms with Crippen LogP contribution in [0.1, 0.15) is 136 Å². The fourth-order valence-electron chi connectivity index (χ4n) is 4.14. The zero-order valence-electron chi connectivity index (χ0n) is 24.7. The van der Waals surface area contributed by atoms with Crippen LogP contribution in [-0.2, 0) is 28.5 Å². The van der Waals surface area contributed by atoms with E-state index in [0.717, 1.165) is 25.9 Å². The van der Waals surface area contributed by atoms with Crippen LogP contribution in [0.25, 0.3) is 0 Å². The van der Waals surface area contributed by atoms with Crippen LogP contribution in [0.4, 0.5) is 0 Å². The molecule has 0 saturated carbocycles. The maximum atomic E-state index is 11.8. The number of hydrogen-bond donors (Lipinski definition) is 0. The van der Waals surface area contributed by atoms with Gasteiger partial charge in [-0.25, -0.2) is 0 Å². The molecule has 0 unspecified atom stereocenters. The molecule has 0 aromatic carbocycles. The van der Waals surface area contributed by atoms with Crippen molar-refractivity contribution < 1.29 is 28.5 Å². The molecule has 6 nitrogen and oxygen atoms in total. The lowest BCUT2D eigenvalue weighted by Gasteiger charge is -2.08. The topological polar surface area (TPSA) is 63.2 Å². The Morgan fingerprint density at radius 1 is 0.378 bits per heavy atom. The summed E-state index contributed by atoms with van der Waals surface area (Å²) >= 11 is 0. The summed E-state index contributed by atoms with van der Waals surface area (Å²) < 4.78 is 27.2. The molecule has 222 valence electrons. The third-order valence-corrected chi connectivity index (χ3v) is 6.48. The molecule has 0 bridgehead atoms. The van der Waals surface area contributed by atoms with E-state index in [1.807, 2.05) is 0 Å². The van der Waals surface area contributed by atoms with Crippen LogP contribution in [0, 0.1) is 0 Å². The van der Waals surface area contributed by atoms with E-state index in [1.165, 1.54) is 96.3 Å². The zero-order valence-corrected chi connectivity index (χ0v) is 24.7. The van der Waals surface area contributed by atoms with E-state index in [2.05, 4.69) is 13.8 Å². The Morgan fingerprint density at radius 3 is 1.14 bits per heavy atom. The molecule has 0 fully saturated rings. The standard InChI is InChI=1S/C31H62O6/c1-3-5-7-9-10-11-12-13-14-15-16-17-19-21-31(32)37-30-29-36-28-27-35-26-25-34-24-23-33-22-20-18-8-6-4-2/h3-30H2,1-2H3. The molecule has 0 radical (unpaired) electrons. The Morgan fingerprint density at radius 2 is 0.703 bits per heavy atom. The molecule has 0 atom stereocenters. The summed E-state index contributed by atoms with van der Waals surface area (Å²) in [6.45, 7) is 9.45. The zero-order chi connectivity index (χ0) is 26.9. The first-order valence-corrected chi connectivity index (χ1v) is 15.8. The molecule has 0 aliphatic rings. The molecule has 0 aromatic rings. The minimum atomic E-state index is -0.111. The van der Waals surface area contributed by atoms with Gasteiger partial charge in [0.2, 0.25) is 0 Å². The molecular formula is C31H62O6. The molecule has 6 heteroatoms. The van der Waals surface area contributed by atoms with Gasteiger partial charge in [0.1, 0.15) is 6.61 Å². The van der Waals surface area contributed by atoms with Gasteiger partial charge in [-0.3, -0.25) is 4.79 Å². The molecule has 0 aliphatic heterocycles. The highest BCUT2D eigenvalue weighted by molar-refractivity contribution is 5.69. The average molecular weight is 531 g/mol. The Labute approximate surface area is 229 Å². The Balaban J connectivity index is 3.13. The van der Waals surface area contributed by atoms with Crippen molar-refractivity contribution in [2.24, 2.45) is 0 Å². The number of carbonyl (C=O) groups is 1. The van der Waals surface area contributed by atoms with Gasteiger partial charge in [0.15, 0.2) is 0 Å². The van der Waals surface area contributed by atoms with Gasteiger partial charge in [0, 0.05) is 13.0 Å². The first-order valence-electron chi connectivity index (χ1n) is 15.8. The third kappa shape index (κ3) is 33.3. The second kappa shape index (κ2) is 33.3. The van der Waals surface area contributed by atoms with Crippen LogP contribution in [0.2, 0.25) is 0 Å². The summed E-state index contributed by atoms with van der Waals surface area (Å²) in [5.74, 6) is -0.111. The predicted octanol–water partition coefficient (Wildman–Crippen LogP) is 8.05. The Hall–Kier alpha value is -0.690. The number of ether oxygens (including phenoxy) is 5. The lowest BCUT2D eigenvalue weighted by Crippen LogP contribution is -2.14. The number of rotatable bonds is 32. The predicted molar refractivity (Wildman–Crippen MR) is 153 cm³/mol. The maximum absolute atomic E-state index is 11.8. The summed E-state index contributed by atoms with van der Waals surface area (Å²) in [4.78, 5) is 11.8. The fraction of sp³-hybridized carbons (Fsp3) is 0.968. The van der Waals surface area contributed by atoms with Crippen LogP contribution in [0.15, 0.2) is 0 Å². The van der Waals surface area contributed by atoms with Crippen LogP contribution < -0.4 is 0 Å². The van der Waals surface area contributed by atoms with Gasteiger partial charge in [0.25, 0.3) is 0 Å². The van der Waals surface area contributed by atoms with Gasteiger partial charge in [-0.2, -0.15) is 0 Å². The largest absolute Gasteiger partial charge is 0.463 e.